The number of aryl methyl sites for hydroxylation is 3. The van der Waals surface area contributed by atoms with Crippen LogP contribution in [-0.4, -0.2) is 27.8 Å². The number of hydrogen-bond donors (Lipinski definition) is 1. The van der Waals surface area contributed by atoms with E-state index in [-0.39, 0.29) is 11.3 Å². The molecule has 1 amide bonds. The van der Waals surface area contributed by atoms with Gasteiger partial charge in [-0.1, -0.05) is 43.7 Å². The Kier molecular flexibility index (Phi) is 6.84. The van der Waals surface area contributed by atoms with E-state index < -0.39 is 18.0 Å². The van der Waals surface area contributed by atoms with Crippen LogP contribution in [0.1, 0.15) is 48.3 Å². The van der Waals surface area contributed by atoms with E-state index >= 15 is 0 Å². The Labute approximate surface area is 181 Å². The van der Waals surface area contributed by atoms with Gasteiger partial charge in [0.15, 0.2) is 11.8 Å². The molecule has 1 atom stereocenters. The highest BCUT2D eigenvalue weighted by Gasteiger charge is 2.23. The van der Waals surface area contributed by atoms with Crippen LogP contribution in [-0.2, 0) is 16.1 Å². The normalized spacial score (nSPS) is 11.9. The smallest absolute Gasteiger partial charge is 0.360 e. The number of rotatable bonds is 7. The molecular weight excluding hydrogens is 394 g/mol. The number of nitrogens with zero attached hydrogens (tertiary/aromatic N) is 2. The summed E-state index contributed by atoms with van der Waals surface area (Å²) in [7, 11) is 0. The number of hydrogen-bond acceptors (Lipinski definition) is 5. The van der Waals surface area contributed by atoms with Crippen LogP contribution in [0, 0.1) is 13.8 Å². The molecule has 0 bridgehead atoms. The Morgan fingerprint density at radius 1 is 1.13 bits per heavy atom. The Balaban J connectivity index is 1.85. The maximum absolute atomic E-state index is 12.9. The molecule has 162 valence electrons. The second-order valence-corrected chi connectivity index (χ2v) is 7.63. The van der Waals surface area contributed by atoms with Crippen molar-refractivity contribution in [3.63, 3.8) is 0 Å². The van der Waals surface area contributed by atoms with Gasteiger partial charge in [-0.2, -0.15) is 5.10 Å². The third kappa shape index (κ3) is 4.99. The fraction of sp³-hybridized carbons (Fsp3) is 0.333. The molecule has 0 aliphatic carbocycles. The SMILES string of the molecule is CCCCn1nc(C(=O)O[C@@H](C)C(=O)Nc2cc(C)ccc2C)c2ccccc2c1=O. The molecular formula is C24H27N3O4. The first kappa shape index (κ1) is 22.2. The lowest BCUT2D eigenvalue weighted by atomic mass is 10.1. The lowest BCUT2D eigenvalue weighted by molar-refractivity contribution is -0.123. The highest BCUT2D eigenvalue weighted by atomic mass is 16.5. The van der Waals surface area contributed by atoms with Crippen molar-refractivity contribution >= 4 is 28.3 Å². The van der Waals surface area contributed by atoms with Gasteiger partial charge in [-0.3, -0.25) is 9.59 Å². The van der Waals surface area contributed by atoms with Crippen LogP contribution in [0.15, 0.2) is 47.3 Å². The maximum Gasteiger partial charge on any atom is 0.360 e. The minimum absolute atomic E-state index is 0.0256. The van der Waals surface area contributed by atoms with Crippen LogP contribution in [0.5, 0.6) is 0 Å². The topological polar surface area (TPSA) is 90.3 Å². The number of esters is 1. The number of amides is 1. The van der Waals surface area contributed by atoms with Gasteiger partial charge in [-0.05, 0) is 50.5 Å². The molecule has 0 saturated carbocycles. The van der Waals surface area contributed by atoms with E-state index in [1.54, 1.807) is 24.3 Å². The predicted molar refractivity (Wildman–Crippen MR) is 120 cm³/mol. The van der Waals surface area contributed by atoms with E-state index in [9.17, 15) is 14.4 Å². The number of benzene rings is 2. The average Bonchev–Trinajstić information content (AvgIpc) is 2.75. The first-order chi connectivity index (χ1) is 14.8. The number of aromatic nitrogens is 2. The predicted octanol–water partition coefficient (Wildman–Crippen LogP) is 4.00. The number of unbranched alkanes of at least 4 members (excludes halogenated alkanes) is 1. The minimum Gasteiger partial charge on any atom is -0.448 e. The van der Waals surface area contributed by atoms with Crippen LogP contribution in [0.3, 0.4) is 0 Å². The summed E-state index contributed by atoms with van der Waals surface area (Å²) in [5, 5.41) is 7.87. The number of ether oxygens (including phenoxy) is 1. The molecule has 0 radical (unpaired) electrons. The summed E-state index contributed by atoms with van der Waals surface area (Å²) >= 11 is 0. The van der Waals surface area contributed by atoms with Crippen molar-refractivity contribution in [1.82, 2.24) is 9.78 Å². The van der Waals surface area contributed by atoms with Gasteiger partial charge in [0.2, 0.25) is 0 Å². The number of anilines is 1. The van der Waals surface area contributed by atoms with E-state index in [2.05, 4.69) is 10.4 Å². The summed E-state index contributed by atoms with van der Waals surface area (Å²) in [6, 6.07) is 12.5. The monoisotopic (exact) mass is 421 g/mol. The van der Waals surface area contributed by atoms with Crippen molar-refractivity contribution in [3.8, 4) is 0 Å². The Morgan fingerprint density at radius 3 is 2.55 bits per heavy atom. The van der Waals surface area contributed by atoms with Gasteiger partial charge < -0.3 is 10.1 Å². The van der Waals surface area contributed by atoms with Crippen molar-refractivity contribution < 1.29 is 14.3 Å². The molecule has 31 heavy (non-hydrogen) atoms. The molecule has 3 rings (SSSR count). The number of nitrogens with one attached hydrogen (secondary N) is 1. The van der Waals surface area contributed by atoms with E-state index in [1.807, 2.05) is 39.0 Å². The molecule has 1 aromatic heterocycles. The van der Waals surface area contributed by atoms with E-state index in [0.717, 1.165) is 24.0 Å². The fourth-order valence-electron chi connectivity index (χ4n) is 3.22. The molecule has 1 N–H and O–H groups in total. The van der Waals surface area contributed by atoms with Crippen LogP contribution < -0.4 is 10.9 Å². The highest BCUT2D eigenvalue weighted by molar-refractivity contribution is 6.03. The molecule has 2 aromatic carbocycles. The highest BCUT2D eigenvalue weighted by Crippen LogP contribution is 2.18. The van der Waals surface area contributed by atoms with Crippen molar-refractivity contribution in [3.05, 3.63) is 69.6 Å². The van der Waals surface area contributed by atoms with Crippen LogP contribution in [0.4, 0.5) is 5.69 Å². The molecule has 7 nitrogen and oxygen atoms in total. The standard InChI is InChI=1S/C24H27N3O4/c1-5-6-13-27-23(29)19-10-8-7-9-18(19)21(26-27)24(30)31-17(4)22(28)25-20-14-15(2)11-12-16(20)3/h7-12,14,17H,5-6,13H2,1-4H3,(H,25,28)/t17-/m0/s1. The van der Waals surface area contributed by atoms with Gasteiger partial charge in [-0.15, -0.1) is 0 Å². The molecule has 0 aliphatic rings. The summed E-state index contributed by atoms with van der Waals surface area (Å²) in [5.74, 6) is -1.18. The summed E-state index contributed by atoms with van der Waals surface area (Å²) in [6.07, 6.45) is 0.606. The second-order valence-electron chi connectivity index (χ2n) is 7.63. The molecule has 7 heteroatoms. The zero-order valence-corrected chi connectivity index (χ0v) is 18.3. The Hall–Kier alpha value is -3.48. The number of carbonyl (C=O) groups is 2. The van der Waals surface area contributed by atoms with Gasteiger partial charge in [0, 0.05) is 17.6 Å². The second kappa shape index (κ2) is 9.55. The van der Waals surface area contributed by atoms with Crippen molar-refractivity contribution in [2.45, 2.75) is 53.2 Å². The lowest BCUT2D eigenvalue weighted by Crippen LogP contribution is -2.32. The Bertz CT molecular complexity index is 1180. The van der Waals surface area contributed by atoms with E-state index in [4.69, 9.17) is 4.74 Å². The fourth-order valence-corrected chi connectivity index (χ4v) is 3.22. The Morgan fingerprint density at radius 2 is 1.84 bits per heavy atom. The van der Waals surface area contributed by atoms with Gasteiger partial charge >= 0.3 is 5.97 Å². The third-order valence-electron chi connectivity index (χ3n) is 5.09. The van der Waals surface area contributed by atoms with Gasteiger partial charge in [0.25, 0.3) is 11.5 Å². The first-order valence-corrected chi connectivity index (χ1v) is 10.4. The summed E-state index contributed by atoms with van der Waals surface area (Å²) in [4.78, 5) is 38.2. The molecule has 0 aliphatic heterocycles. The van der Waals surface area contributed by atoms with Gasteiger partial charge in [0.05, 0.1) is 5.39 Å². The molecule has 3 aromatic rings. The summed E-state index contributed by atoms with van der Waals surface area (Å²) < 4.78 is 6.71. The maximum atomic E-state index is 12.9. The minimum atomic E-state index is -1.04. The average molecular weight is 421 g/mol. The van der Waals surface area contributed by atoms with Crippen molar-refractivity contribution in [1.29, 1.82) is 0 Å². The molecule has 0 fully saturated rings. The summed E-state index contributed by atoms with van der Waals surface area (Å²) in [6.45, 7) is 7.75. The zero-order valence-electron chi connectivity index (χ0n) is 18.3. The lowest BCUT2D eigenvalue weighted by Gasteiger charge is -2.16. The van der Waals surface area contributed by atoms with Crippen LogP contribution in [0.25, 0.3) is 10.8 Å². The third-order valence-corrected chi connectivity index (χ3v) is 5.09. The molecule has 0 spiro atoms. The molecule has 0 unspecified atom stereocenters. The molecule has 0 saturated heterocycles. The van der Waals surface area contributed by atoms with Gasteiger partial charge in [-0.25, -0.2) is 9.48 Å². The quantitative estimate of drug-likeness (QED) is 0.583. The zero-order chi connectivity index (χ0) is 22.5. The molecule has 1 heterocycles. The first-order valence-electron chi connectivity index (χ1n) is 10.4. The van der Waals surface area contributed by atoms with Crippen molar-refractivity contribution in [2.75, 3.05) is 5.32 Å². The largest absolute Gasteiger partial charge is 0.448 e. The van der Waals surface area contributed by atoms with Gasteiger partial charge in [0.1, 0.15) is 0 Å². The van der Waals surface area contributed by atoms with Crippen molar-refractivity contribution in [2.24, 2.45) is 0 Å². The number of fused-ring (bicyclic) bond motifs is 1. The van der Waals surface area contributed by atoms with Crippen LogP contribution >= 0.6 is 0 Å². The number of carbonyl (C=O) groups excluding carboxylic acids is 2. The van der Waals surface area contributed by atoms with E-state index in [0.29, 0.717) is 23.0 Å². The van der Waals surface area contributed by atoms with Crippen LogP contribution in [0.2, 0.25) is 0 Å². The van der Waals surface area contributed by atoms with E-state index in [1.165, 1.54) is 11.6 Å². The summed E-state index contributed by atoms with van der Waals surface area (Å²) in [5.41, 5.74) is 2.37.